The number of nitrogens with two attached hydrogens (primary N) is 1. The number of nitrogens with zero attached hydrogens (tertiary/aromatic N) is 2. The van der Waals surface area contributed by atoms with Crippen LogP contribution in [0.2, 0.25) is 0 Å². The van der Waals surface area contributed by atoms with Crippen molar-refractivity contribution in [1.29, 1.82) is 0 Å². The summed E-state index contributed by atoms with van der Waals surface area (Å²) in [5, 5.41) is 5.39. The normalized spacial score (nSPS) is 31.4. The molecule has 4 N–H and O–H groups in total. The molecule has 8 heteroatoms. The van der Waals surface area contributed by atoms with Gasteiger partial charge in [-0.05, 0) is 24.5 Å². The highest BCUT2D eigenvalue weighted by Gasteiger charge is 2.79. The molecule has 0 spiro atoms. The Hall–Kier alpha value is -2.61. The molecule has 0 radical (unpaired) electrons. The zero-order valence-corrected chi connectivity index (χ0v) is 17.2. The molecule has 29 heavy (non-hydrogen) atoms. The van der Waals surface area contributed by atoms with Gasteiger partial charge in [-0.1, -0.05) is 37.5 Å². The number of carbonyl (C=O) groups is 3. The highest BCUT2D eigenvalue weighted by molar-refractivity contribution is 6.14. The van der Waals surface area contributed by atoms with Gasteiger partial charge in [-0.3, -0.25) is 20.1 Å². The van der Waals surface area contributed by atoms with Crippen LogP contribution in [0.15, 0.2) is 24.3 Å². The lowest BCUT2D eigenvalue weighted by Crippen LogP contribution is -2.72. The Morgan fingerprint density at radius 1 is 1.10 bits per heavy atom. The van der Waals surface area contributed by atoms with Gasteiger partial charge in [0.25, 0.3) is 5.91 Å². The van der Waals surface area contributed by atoms with Gasteiger partial charge in [0.1, 0.15) is 6.04 Å². The molecule has 0 aromatic heterocycles. The standard InChI is InChI=1S/C21H29N5O3/c1-23-17(27)16-20(18(28)24-2)14-11-7-8-12-15(14)25(3)21(20,22)19(29)26(16)13-9-5-4-6-10-13/h7-8,11-13,16H,4-6,9-10,22H2,1-3H3,(H,23,27)(H,24,28)/t16-,20-,21-/m0/s1. The maximum absolute atomic E-state index is 13.9. The van der Waals surface area contributed by atoms with Crippen LogP contribution in [0.3, 0.4) is 0 Å². The molecule has 0 unspecified atom stereocenters. The van der Waals surface area contributed by atoms with Crippen LogP contribution in [-0.2, 0) is 19.8 Å². The van der Waals surface area contributed by atoms with Gasteiger partial charge in [-0.25, -0.2) is 0 Å². The van der Waals surface area contributed by atoms with Crippen LogP contribution >= 0.6 is 0 Å². The fraction of sp³-hybridized carbons (Fsp3) is 0.571. The number of amides is 3. The quantitative estimate of drug-likeness (QED) is 0.666. The van der Waals surface area contributed by atoms with Crippen molar-refractivity contribution in [3.05, 3.63) is 29.8 Å². The summed E-state index contributed by atoms with van der Waals surface area (Å²) in [5.74, 6) is -1.15. The minimum Gasteiger partial charge on any atom is -0.358 e. The molecule has 1 saturated heterocycles. The zero-order valence-electron chi connectivity index (χ0n) is 17.2. The van der Waals surface area contributed by atoms with E-state index in [1.54, 1.807) is 16.8 Å². The molecule has 8 nitrogen and oxygen atoms in total. The molecule has 2 heterocycles. The average molecular weight is 399 g/mol. The average Bonchev–Trinajstić information content (AvgIpc) is 3.10. The molecule has 1 aliphatic carbocycles. The van der Waals surface area contributed by atoms with Crippen molar-refractivity contribution in [1.82, 2.24) is 15.5 Å². The topological polar surface area (TPSA) is 108 Å². The highest BCUT2D eigenvalue weighted by atomic mass is 16.2. The Morgan fingerprint density at radius 3 is 2.38 bits per heavy atom. The van der Waals surface area contributed by atoms with E-state index in [0.29, 0.717) is 11.3 Å². The largest absolute Gasteiger partial charge is 0.358 e. The van der Waals surface area contributed by atoms with Crippen LogP contribution < -0.4 is 21.3 Å². The van der Waals surface area contributed by atoms with Crippen molar-refractivity contribution in [2.45, 2.75) is 55.3 Å². The van der Waals surface area contributed by atoms with E-state index in [2.05, 4.69) is 10.6 Å². The van der Waals surface area contributed by atoms with Crippen molar-refractivity contribution in [3.63, 3.8) is 0 Å². The number of fused-ring (bicyclic) bond motifs is 3. The summed E-state index contributed by atoms with van der Waals surface area (Å²) in [6.45, 7) is 0. The van der Waals surface area contributed by atoms with Crippen molar-refractivity contribution in [3.8, 4) is 0 Å². The van der Waals surface area contributed by atoms with E-state index < -0.39 is 23.0 Å². The van der Waals surface area contributed by atoms with Crippen LogP contribution in [0.25, 0.3) is 0 Å². The van der Waals surface area contributed by atoms with Crippen LogP contribution in [-0.4, -0.2) is 61.5 Å². The predicted octanol–water partition coefficient (Wildman–Crippen LogP) is 0.0647. The van der Waals surface area contributed by atoms with Crippen molar-refractivity contribution in [2.24, 2.45) is 5.73 Å². The van der Waals surface area contributed by atoms with Crippen molar-refractivity contribution in [2.75, 3.05) is 26.0 Å². The van der Waals surface area contributed by atoms with Gasteiger partial charge in [0.2, 0.25) is 11.8 Å². The van der Waals surface area contributed by atoms with Gasteiger partial charge in [-0.2, -0.15) is 0 Å². The second-order valence-electron chi connectivity index (χ2n) is 8.25. The molecule has 2 aliphatic heterocycles. The molecular formula is C21H29N5O3. The summed E-state index contributed by atoms with van der Waals surface area (Å²) < 4.78 is 0. The van der Waals surface area contributed by atoms with Gasteiger partial charge in [0.05, 0.1) is 0 Å². The summed E-state index contributed by atoms with van der Waals surface area (Å²) in [6, 6.07) is 6.19. The smallest absolute Gasteiger partial charge is 0.265 e. The minimum absolute atomic E-state index is 0.105. The number of likely N-dealkylation sites (N-methyl/N-ethyl adjacent to an activating group) is 3. The summed E-state index contributed by atoms with van der Waals surface area (Å²) in [5.41, 5.74) is 4.99. The first-order valence-corrected chi connectivity index (χ1v) is 10.3. The third-order valence-electron chi connectivity index (χ3n) is 7.12. The van der Waals surface area contributed by atoms with E-state index in [0.717, 1.165) is 32.1 Å². The minimum atomic E-state index is -1.68. The molecule has 3 atom stereocenters. The number of hydrogen-bond acceptors (Lipinski definition) is 5. The predicted molar refractivity (Wildman–Crippen MR) is 109 cm³/mol. The van der Waals surface area contributed by atoms with Gasteiger partial charge < -0.3 is 20.4 Å². The molecule has 0 bridgehead atoms. The third kappa shape index (κ3) is 2.20. The molecule has 156 valence electrons. The van der Waals surface area contributed by atoms with Crippen LogP contribution in [0, 0.1) is 0 Å². The van der Waals surface area contributed by atoms with E-state index in [-0.39, 0.29) is 17.9 Å². The van der Waals surface area contributed by atoms with Crippen LogP contribution in [0.4, 0.5) is 5.69 Å². The monoisotopic (exact) mass is 399 g/mol. The SMILES string of the molecule is CNC(=O)[C@@H]1N(C2CCCCC2)C(=O)[C@]2(N)N(C)c3ccccc3[C@@]12C(=O)NC. The number of hydrogen-bond donors (Lipinski definition) is 3. The maximum atomic E-state index is 13.9. The van der Waals surface area contributed by atoms with E-state index in [1.807, 2.05) is 24.3 Å². The Kier molecular flexibility index (Phi) is 4.57. The second kappa shape index (κ2) is 6.73. The first kappa shape index (κ1) is 19.7. The van der Waals surface area contributed by atoms with Gasteiger partial charge in [-0.15, -0.1) is 0 Å². The van der Waals surface area contributed by atoms with Gasteiger partial charge in [0, 0.05) is 32.9 Å². The van der Waals surface area contributed by atoms with Gasteiger partial charge >= 0.3 is 0 Å². The Bertz CT molecular complexity index is 868. The molecule has 3 amide bonds. The Balaban J connectivity index is 2.02. The summed E-state index contributed by atoms with van der Waals surface area (Å²) >= 11 is 0. The summed E-state index contributed by atoms with van der Waals surface area (Å²) in [4.78, 5) is 44.1. The van der Waals surface area contributed by atoms with Crippen molar-refractivity contribution < 1.29 is 14.4 Å². The van der Waals surface area contributed by atoms with Gasteiger partial charge in [0.15, 0.2) is 11.1 Å². The van der Waals surface area contributed by atoms with Crippen LogP contribution in [0.5, 0.6) is 0 Å². The number of anilines is 1. The zero-order chi connectivity index (χ0) is 21.0. The number of nitrogens with one attached hydrogen (secondary N) is 2. The highest BCUT2D eigenvalue weighted by Crippen LogP contribution is 2.57. The molecule has 3 aliphatic rings. The lowest BCUT2D eigenvalue weighted by molar-refractivity contribution is -0.140. The van der Waals surface area contributed by atoms with E-state index in [4.69, 9.17) is 5.73 Å². The van der Waals surface area contributed by atoms with Crippen molar-refractivity contribution >= 4 is 23.4 Å². The Labute approximate surface area is 170 Å². The summed E-state index contributed by atoms with van der Waals surface area (Å²) in [7, 11) is 4.78. The molecule has 2 fully saturated rings. The fourth-order valence-electron chi connectivity index (χ4n) is 5.76. The van der Waals surface area contributed by atoms with E-state index in [1.165, 1.54) is 14.1 Å². The Morgan fingerprint density at radius 2 is 1.76 bits per heavy atom. The van der Waals surface area contributed by atoms with E-state index >= 15 is 0 Å². The van der Waals surface area contributed by atoms with Crippen LogP contribution in [0.1, 0.15) is 37.7 Å². The maximum Gasteiger partial charge on any atom is 0.265 e. The number of carbonyl (C=O) groups excluding carboxylic acids is 3. The molecule has 1 aromatic rings. The number of benzene rings is 1. The molecule has 1 aromatic carbocycles. The lowest BCUT2D eigenvalue weighted by Gasteiger charge is -2.40. The first-order valence-electron chi connectivity index (χ1n) is 10.3. The fourth-order valence-corrected chi connectivity index (χ4v) is 5.76. The molecule has 4 rings (SSSR count). The number of likely N-dealkylation sites (tertiary alicyclic amines) is 1. The second-order valence-corrected chi connectivity index (χ2v) is 8.25. The lowest BCUT2D eigenvalue weighted by atomic mass is 9.68. The molecular weight excluding hydrogens is 370 g/mol. The first-order chi connectivity index (χ1) is 13.9. The third-order valence-corrected chi connectivity index (χ3v) is 7.12. The molecule has 1 saturated carbocycles. The number of para-hydroxylation sites is 1. The number of rotatable bonds is 3. The van der Waals surface area contributed by atoms with E-state index in [9.17, 15) is 14.4 Å². The summed E-state index contributed by atoms with van der Waals surface area (Å²) in [6.07, 6.45) is 4.72.